The summed E-state index contributed by atoms with van der Waals surface area (Å²) < 4.78 is 0. The van der Waals surface area contributed by atoms with Crippen molar-refractivity contribution < 1.29 is 0 Å². The third-order valence-corrected chi connectivity index (χ3v) is 2.78. The maximum absolute atomic E-state index is 5.96. The minimum Gasteiger partial charge on any atom is -0.398 e. The summed E-state index contributed by atoms with van der Waals surface area (Å²) in [5.74, 6) is 0.871. The second kappa shape index (κ2) is 4.00. The number of nitrogens with one attached hydrogen (secondary N) is 1. The maximum atomic E-state index is 5.96. The zero-order valence-electron chi connectivity index (χ0n) is 9.96. The Labute approximate surface area is 95.7 Å². The van der Waals surface area contributed by atoms with E-state index in [-0.39, 0.29) is 0 Å². The Morgan fingerprint density at radius 2 is 2.06 bits per heavy atom. The number of nitrogens with zero attached hydrogens (tertiary/aromatic N) is 1. The average Bonchev–Trinajstić information content (AvgIpc) is 2.63. The van der Waals surface area contributed by atoms with Crippen molar-refractivity contribution in [3.63, 3.8) is 0 Å². The SMILES string of the molecule is CCc1nc(-c2cc(C)ccc2N)[nH]c1C. The van der Waals surface area contributed by atoms with Gasteiger partial charge in [0.15, 0.2) is 0 Å². The minimum absolute atomic E-state index is 0.766. The molecule has 0 saturated carbocycles. The van der Waals surface area contributed by atoms with E-state index in [4.69, 9.17) is 5.73 Å². The highest BCUT2D eigenvalue weighted by Gasteiger charge is 2.09. The molecule has 3 N–H and O–H groups in total. The van der Waals surface area contributed by atoms with E-state index < -0.39 is 0 Å². The van der Waals surface area contributed by atoms with Gasteiger partial charge in [-0.05, 0) is 32.4 Å². The highest BCUT2D eigenvalue weighted by molar-refractivity contribution is 5.72. The van der Waals surface area contributed by atoms with Gasteiger partial charge in [0.25, 0.3) is 0 Å². The van der Waals surface area contributed by atoms with E-state index in [2.05, 4.69) is 29.9 Å². The normalized spacial score (nSPS) is 10.7. The van der Waals surface area contributed by atoms with Gasteiger partial charge in [-0.25, -0.2) is 4.98 Å². The van der Waals surface area contributed by atoms with Gasteiger partial charge >= 0.3 is 0 Å². The molecule has 0 fully saturated rings. The number of aryl methyl sites for hydroxylation is 3. The molecule has 0 radical (unpaired) electrons. The fourth-order valence-electron chi connectivity index (χ4n) is 1.84. The molecule has 1 heterocycles. The molecule has 16 heavy (non-hydrogen) atoms. The Kier molecular flexibility index (Phi) is 2.69. The number of rotatable bonds is 2. The van der Waals surface area contributed by atoms with Gasteiger partial charge in [0.05, 0.1) is 5.69 Å². The van der Waals surface area contributed by atoms with Crippen molar-refractivity contribution in [2.24, 2.45) is 0 Å². The van der Waals surface area contributed by atoms with E-state index in [0.29, 0.717) is 0 Å². The maximum Gasteiger partial charge on any atom is 0.139 e. The number of nitrogen functional groups attached to an aromatic ring is 1. The summed E-state index contributed by atoms with van der Waals surface area (Å²) in [7, 11) is 0. The number of aromatic nitrogens is 2. The van der Waals surface area contributed by atoms with Gasteiger partial charge in [-0.15, -0.1) is 0 Å². The van der Waals surface area contributed by atoms with Crippen LogP contribution in [-0.4, -0.2) is 9.97 Å². The summed E-state index contributed by atoms with van der Waals surface area (Å²) in [6, 6.07) is 6.00. The van der Waals surface area contributed by atoms with Gasteiger partial charge in [-0.2, -0.15) is 0 Å². The van der Waals surface area contributed by atoms with E-state index in [1.54, 1.807) is 0 Å². The molecule has 3 heteroatoms. The molecule has 0 atom stereocenters. The molecule has 0 saturated heterocycles. The van der Waals surface area contributed by atoms with Crippen LogP contribution in [0.5, 0.6) is 0 Å². The van der Waals surface area contributed by atoms with Crippen molar-refractivity contribution in [2.75, 3.05) is 5.73 Å². The Balaban J connectivity index is 2.53. The third-order valence-electron chi connectivity index (χ3n) is 2.78. The fraction of sp³-hybridized carbons (Fsp3) is 0.308. The van der Waals surface area contributed by atoms with Crippen molar-refractivity contribution in [3.8, 4) is 11.4 Å². The van der Waals surface area contributed by atoms with E-state index in [1.165, 1.54) is 5.56 Å². The first kappa shape index (κ1) is 10.7. The van der Waals surface area contributed by atoms with Crippen LogP contribution in [0.1, 0.15) is 23.9 Å². The first-order chi connectivity index (χ1) is 7.61. The minimum atomic E-state index is 0.766. The van der Waals surface area contributed by atoms with E-state index in [0.717, 1.165) is 34.9 Å². The number of aromatic amines is 1. The summed E-state index contributed by atoms with van der Waals surface area (Å²) in [5, 5.41) is 0. The summed E-state index contributed by atoms with van der Waals surface area (Å²) in [5.41, 5.74) is 11.1. The smallest absolute Gasteiger partial charge is 0.139 e. The van der Waals surface area contributed by atoms with Crippen LogP contribution in [-0.2, 0) is 6.42 Å². The fourth-order valence-corrected chi connectivity index (χ4v) is 1.84. The molecular weight excluding hydrogens is 198 g/mol. The highest BCUT2D eigenvalue weighted by Crippen LogP contribution is 2.25. The van der Waals surface area contributed by atoms with Crippen LogP contribution < -0.4 is 5.73 Å². The Hall–Kier alpha value is -1.77. The van der Waals surface area contributed by atoms with Crippen molar-refractivity contribution in [3.05, 3.63) is 35.2 Å². The Morgan fingerprint density at radius 3 is 2.69 bits per heavy atom. The number of imidazole rings is 1. The zero-order valence-corrected chi connectivity index (χ0v) is 9.96. The standard InChI is InChI=1S/C13H17N3/c1-4-12-9(3)15-13(16-12)10-7-8(2)5-6-11(10)14/h5-7H,4,14H2,1-3H3,(H,15,16). The topological polar surface area (TPSA) is 54.7 Å². The molecule has 0 spiro atoms. The number of H-pyrrole nitrogens is 1. The summed E-state index contributed by atoms with van der Waals surface area (Å²) in [6.07, 6.45) is 0.939. The van der Waals surface area contributed by atoms with Crippen molar-refractivity contribution >= 4 is 5.69 Å². The van der Waals surface area contributed by atoms with Crippen LogP contribution in [0.4, 0.5) is 5.69 Å². The number of benzene rings is 1. The summed E-state index contributed by atoms with van der Waals surface area (Å²) >= 11 is 0. The van der Waals surface area contributed by atoms with Crippen molar-refractivity contribution in [1.29, 1.82) is 0 Å². The molecule has 1 aromatic carbocycles. The molecule has 2 aromatic rings. The lowest BCUT2D eigenvalue weighted by Gasteiger charge is -2.03. The van der Waals surface area contributed by atoms with Crippen molar-refractivity contribution in [2.45, 2.75) is 27.2 Å². The van der Waals surface area contributed by atoms with Crippen LogP contribution in [0.3, 0.4) is 0 Å². The van der Waals surface area contributed by atoms with E-state index >= 15 is 0 Å². The molecular formula is C13H17N3. The van der Waals surface area contributed by atoms with Crippen LogP contribution in [0.25, 0.3) is 11.4 Å². The molecule has 0 aliphatic heterocycles. The van der Waals surface area contributed by atoms with Crippen LogP contribution in [0, 0.1) is 13.8 Å². The first-order valence-electron chi connectivity index (χ1n) is 5.53. The number of hydrogen-bond acceptors (Lipinski definition) is 2. The van der Waals surface area contributed by atoms with Gasteiger partial charge < -0.3 is 10.7 Å². The molecule has 2 rings (SSSR count). The van der Waals surface area contributed by atoms with E-state index in [1.807, 2.05) is 19.1 Å². The average molecular weight is 215 g/mol. The Morgan fingerprint density at radius 1 is 1.31 bits per heavy atom. The number of nitrogens with two attached hydrogens (primary N) is 1. The molecule has 0 bridgehead atoms. The second-order valence-electron chi connectivity index (χ2n) is 4.10. The molecule has 84 valence electrons. The summed E-state index contributed by atoms with van der Waals surface area (Å²) in [4.78, 5) is 7.85. The second-order valence-corrected chi connectivity index (χ2v) is 4.10. The molecule has 3 nitrogen and oxygen atoms in total. The largest absolute Gasteiger partial charge is 0.398 e. The molecule has 0 aliphatic carbocycles. The molecule has 1 aromatic heterocycles. The lowest BCUT2D eigenvalue weighted by atomic mass is 10.1. The first-order valence-corrected chi connectivity index (χ1v) is 5.53. The van der Waals surface area contributed by atoms with Gasteiger partial charge in [0.2, 0.25) is 0 Å². The lowest BCUT2D eigenvalue weighted by molar-refractivity contribution is 1.04. The molecule has 0 aliphatic rings. The lowest BCUT2D eigenvalue weighted by Crippen LogP contribution is -1.92. The highest BCUT2D eigenvalue weighted by atomic mass is 14.9. The number of hydrogen-bond donors (Lipinski definition) is 2. The van der Waals surface area contributed by atoms with E-state index in [9.17, 15) is 0 Å². The van der Waals surface area contributed by atoms with Crippen LogP contribution >= 0.6 is 0 Å². The van der Waals surface area contributed by atoms with Gasteiger partial charge in [0.1, 0.15) is 5.82 Å². The monoisotopic (exact) mass is 215 g/mol. The molecule has 0 amide bonds. The molecule has 0 unspecified atom stereocenters. The Bertz CT molecular complexity index is 512. The van der Waals surface area contributed by atoms with Gasteiger partial charge in [-0.1, -0.05) is 18.6 Å². The third kappa shape index (κ3) is 1.81. The van der Waals surface area contributed by atoms with Crippen molar-refractivity contribution in [1.82, 2.24) is 9.97 Å². The summed E-state index contributed by atoms with van der Waals surface area (Å²) in [6.45, 7) is 6.20. The van der Waals surface area contributed by atoms with Crippen LogP contribution in [0.15, 0.2) is 18.2 Å². The predicted octanol–water partition coefficient (Wildman–Crippen LogP) is 2.84. The zero-order chi connectivity index (χ0) is 11.7. The van der Waals surface area contributed by atoms with Gasteiger partial charge in [-0.3, -0.25) is 0 Å². The predicted molar refractivity (Wildman–Crippen MR) is 67.3 cm³/mol. The quantitative estimate of drug-likeness (QED) is 0.757. The van der Waals surface area contributed by atoms with Crippen LogP contribution in [0.2, 0.25) is 0 Å². The number of anilines is 1. The van der Waals surface area contributed by atoms with Gasteiger partial charge in [0, 0.05) is 16.9 Å².